The molecule has 0 radical (unpaired) electrons. The molecule has 39 heavy (non-hydrogen) atoms. The summed E-state index contributed by atoms with van der Waals surface area (Å²) >= 11 is 6.25. The summed E-state index contributed by atoms with van der Waals surface area (Å²) in [6.07, 6.45) is -2.47. The maximum Gasteiger partial charge on any atom is 0.586 e. The molecule has 1 aliphatic rings. The van der Waals surface area contributed by atoms with Gasteiger partial charge >= 0.3 is 6.29 Å². The Hall–Kier alpha value is -4.52. The number of imidazole rings is 1. The zero-order chi connectivity index (χ0) is 28.1. The number of aromatic nitrogens is 4. The normalized spacial score (nSPS) is 13.5. The van der Waals surface area contributed by atoms with Gasteiger partial charge in [-0.15, -0.1) is 8.78 Å². The molecule has 4 aromatic rings. The zero-order valence-corrected chi connectivity index (χ0v) is 21.6. The monoisotopic (exact) mass is 558 g/mol. The highest BCUT2D eigenvalue weighted by molar-refractivity contribution is 6.34. The van der Waals surface area contributed by atoms with Crippen molar-refractivity contribution in [2.24, 2.45) is 0 Å². The topological polar surface area (TPSA) is 123 Å². The molecule has 2 aromatic carbocycles. The Morgan fingerprint density at radius 1 is 1.13 bits per heavy atom. The van der Waals surface area contributed by atoms with Gasteiger partial charge in [0.25, 0.3) is 11.5 Å². The molecule has 2 amide bonds. The molecule has 0 atom stereocenters. The summed E-state index contributed by atoms with van der Waals surface area (Å²) < 4.78 is 36.8. The zero-order valence-electron chi connectivity index (χ0n) is 20.9. The number of nitrogens with zero attached hydrogens (tertiary/aromatic N) is 5. The van der Waals surface area contributed by atoms with E-state index in [1.807, 2.05) is 0 Å². The average Bonchev–Trinajstić information content (AvgIpc) is 3.49. The number of H-pyrrole nitrogens is 1. The minimum atomic E-state index is -3.80. The highest BCUT2D eigenvalue weighted by Crippen LogP contribution is 2.42. The fourth-order valence-corrected chi connectivity index (χ4v) is 4.38. The van der Waals surface area contributed by atoms with Gasteiger partial charge < -0.3 is 24.3 Å². The Morgan fingerprint density at radius 2 is 1.87 bits per heavy atom. The fourth-order valence-electron chi connectivity index (χ4n) is 4.18. The lowest BCUT2D eigenvalue weighted by Crippen LogP contribution is -2.37. The van der Waals surface area contributed by atoms with Crippen LogP contribution >= 0.6 is 11.6 Å². The van der Waals surface area contributed by atoms with Crippen LogP contribution < -0.4 is 19.9 Å². The minimum Gasteiger partial charge on any atom is -0.395 e. The molecule has 0 bridgehead atoms. The number of benzene rings is 2. The van der Waals surface area contributed by atoms with Crippen LogP contribution in [0.25, 0.3) is 22.3 Å². The van der Waals surface area contributed by atoms with E-state index >= 15 is 0 Å². The number of halogens is 3. The second-order valence-corrected chi connectivity index (χ2v) is 9.18. The number of nitrogens with one attached hydrogen (secondary N) is 1. The number of carbonyl (C=O) groups excluding carboxylic acids is 2. The lowest BCUT2D eigenvalue weighted by molar-refractivity contribution is -0.286. The first kappa shape index (κ1) is 26.1. The largest absolute Gasteiger partial charge is 0.586 e. The molecular weight excluding hydrogens is 538 g/mol. The van der Waals surface area contributed by atoms with E-state index in [0.29, 0.717) is 5.56 Å². The minimum absolute atomic E-state index is 0.108. The summed E-state index contributed by atoms with van der Waals surface area (Å²) in [7, 11) is 3.18. The van der Waals surface area contributed by atoms with Crippen molar-refractivity contribution in [1.82, 2.24) is 24.6 Å². The van der Waals surface area contributed by atoms with Gasteiger partial charge in [-0.05, 0) is 31.2 Å². The van der Waals surface area contributed by atoms with E-state index in [9.17, 15) is 23.2 Å². The quantitative estimate of drug-likeness (QED) is 0.384. The molecule has 2 aromatic heterocycles. The van der Waals surface area contributed by atoms with Crippen LogP contribution in [0.15, 0.2) is 47.5 Å². The van der Waals surface area contributed by atoms with Crippen LogP contribution in [0.4, 0.5) is 14.5 Å². The van der Waals surface area contributed by atoms with Gasteiger partial charge in [0.2, 0.25) is 5.91 Å². The molecule has 1 aliphatic heterocycles. The predicted molar refractivity (Wildman–Crippen MR) is 137 cm³/mol. The molecule has 0 saturated heterocycles. The first-order valence-corrected chi connectivity index (χ1v) is 12.0. The average molecular weight is 559 g/mol. The van der Waals surface area contributed by atoms with Gasteiger partial charge in [0, 0.05) is 38.0 Å². The molecule has 0 spiro atoms. The van der Waals surface area contributed by atoms with Crippen LogP contribution in [-0.2, 0) is 11.3 Å². The van der Waals surface area contributed by atoms with Gasteiger partial charge in [0.15, 0.2) is 11.5 Å². The lowest BCUT2D eigenvalue weighted by Gasteiger charge is -2.21. The molecule has 5 rings (SSSR count). The van der Waals surface area contributed by atoms with Crippen LogP contribution in [0.2, 0.25) is 5.02 Å². The smallest absolute Gasteiger partial charge is 0.395 e. The van der Waals surface area contributed by atoms with Crippen molar-refractivity contribution in [2.45, 2.75) is 19.8 Å². The van der Waals surface area contributed by atoms with Gasteiger partial charge in [-0.2, -0.15) is 5.10 Å². The number of likely N-dealkylation sites (N-methyl/N-ethyl adjacent to an activating group) is 1. The lowest BCUT2D eigenvalue weighted by atomic mass is 10.1. The highest BCUT2D eigenvalue weighted by Gasteiger charge is 2.43. The Morgan fingerprint density at radius 3 is 2.59 bits per heavy atom. The number of hydrogen-bond donors (Lipinski definition) is 1. The molecule has 0 aliphatic carbocycles. The standard InChI is InChI=1S/C25H21ClF2N6O5/c1-4-33(14-6-8-17-18(10-14)39-25(27,28)38-17)19(35)11-34-24(37)22-21(29-12-30-22)20(31-34)13-5-7-16(26)15(9-13)23(36)32(2)3/h5-10,12H,4,11H2,1-3H3,(H,29,30). The number of aromatic amines is 1. The maximum absolute atomic E-state index is 13.4. The van der Waals surface area contributed by atoms with Crippen molar-refractivity contribution in [3.63, 3.8) is 0 Å². The van der Waals surface area contributed by atoms with Crippen molar-refractivity contribution in [3.05, 3.63) is 63.7 Å². The van der Waals surface area contributed by atoms with E-state index in [4.69, 9.17) is 11.6 Å². The Balaban J connectivity index is 1.52. The number of anilines is 1. The summed E-state index contributed by atoms with van der Waals surface area (Å²) in [5.74, 6) is -1.24. The summed E-state index contributed by atoms with van der Waals surface area (Å²) in [5, 5.41) is 4.64. The maximum atomic E-state index is 13.4. The van der Waals surface area contributed by atoms with E-state index in [1.54, 1.807) is 33.2 Å². The van der Waals surface area contributed by atoms with Crippen molar-refractivity contribution in [1.29, 1.82) is 0 Å². The molecule has 1 N–H and O–H groups in total. The second-order valence-electron chi connectivity index (χ2n) is 8.77. The van der Waals surface area contributed by atoms with Crippen molar-refractivity contribution in [2.75, 3.05) is 25.5 Å². The van der Waals surface area contributed by atoms with Gasteiger partial charge in [-0.25, -0.2) is 9.67 Å². The van der Waals surface area contributed by atoms with E-state index in [1.165, 1.54) is 40.4 Å². The molecule has 0 unspecified atom stereocenters. The highest BCUT2D eigenvalue weighted by atomic mass is 35.5. The third kappa shape index (κ3) is 4.76. The summed E-state index contributed by atoms with van der Waals surface area (Å²) in [6.45, 7) is 1.38. The molecule has 0 saturated carbocycles. The Kier molecular flexibility index (Phi) is 6.46. The van der Waals surface area contributed by atoms with Crippen LogP contribution in [0, 0.1) is 0 Å². The summed E-state index contributed by atoms with van der Waals surface area (Å²) in [6, 6.07) is 8.67. The van der Waals surface area contributed by atoms with Gasteiger partial charge in [-0.3, -0.25) is 14.4 Å². The number of ether oxygens (including phenoxy) is 2. The van der Waals surface area contributed by atoms with Crippen molar-refractivity contribution < 1.29 is 27.8 Å². The Bertz CT molecular complexity index is 1690. The van der Waals surface area contributed by atoms with E-state index in [2.05, 4.69) is 24.5 Å². The molecule has 3 heterocycles. The van der Waals surface area contributed by atoms with Gasteiger partial charge in [0.05, 0.1) is 16.9 Å². The van der Waals surface area contributed by atoms with E-state index < -0.39 is 24.3 Å². The fraction of sp³-hybridized carbons (Fsp3) is 0.240. The molecule has 11 nitrogen and oxygen atoms in total. The number of hydrogen-bond acceptors (Lipinski definition) is 7. The van der Waals surface area contributed by atoms with Gasteiger partial charge in [0.1, 0.15) is 23.3 Å². The van der Waals surface area contributed by atoms with Crippen molar-refractivity contribution in [3.8, 4) is 22.8 Å². The number of alkyl halides is 2. The summed E-state index contributed by atoms with van der Waals surface area (Å²) in [5.41, 5.74) is 0.949. The van der Waals surface area contributed by atoms with Crippen LogP contribution in [0.3, 0.4) is 0 Å². The number of carbonyl (C=O) groups is 2. The van der Waals surface area contributed by atoms with Crippen LogP contribution in [0.1, 0.15) is 17.3 Å². The van der Waals surface area contributed by atoms with Crippen molar-refractivity contribution >= 4 is 40.1 Å². The molecule has 14 heteroatoms. The third-order valence-corrected chi connectivity index (χ3v) is 6.34. The molecule has 202 valence electrons. The first-order valence-electron chi connectivity index (χ1n) is 11.6. The van der Waals surface area contributed by atoms with Gasteiger partial charge in [-0.1, -0.05) is 17.7 Å². The van der Waals surface area contributed by atoms with Crippen LogP contribution in [0.5, 0.6) is 11.5 Å². The van der Waals surface area contributed by atoms with E-state index in [-0.39, 0.29) is 57.0 Å². The predicted octanol–water partition coefficient (Wildman–Crippen LogP) is 3.52. The molecular formula is C25H21ClF2N6O5. The molecule has 0 fully saturated rings. The summed E-state index contributed by atoms with van der Waals surface area (Å²) in [4.78, 5) is 48.7. The second kappa shape index (κ2) is 9.66. The van der Waals surface area contributed by atoms with E-state index in [0.717, 1.165) is 4.68 Å². The number of rotatable bonds is 6. The Labute approximate surface area is 224 Å². The first-order chi connectivity index (χ1) is 18.5. The third-order valence-electron chi connectivity index (χ3n) is 6.01. The number of fused-ring (bicyclic) bond motifs is 2. The van der Waals surface area contributed by atoms with Crippen LogP contribution in [-0.4, -0.2) is 63.4 Å². The SMILES string of the molecule is CCN(C(=O)Cn1nc(-c2ccc(Cl)c(C(=O)N(C)C)c2)c2nc[nH]c2c1=O)c1ccc2c(c1)OC(F)(F)O2. The number of amides is 2.